The molecule has 2 rings (SSSR count). The lowest BCUT2D eigenvalue weighted by molar-refractivity contribution is -0.113. The molecule has 1 unspecified atom stereocenters. The molecule has 1 aliphatic rings. The first-order valence-electron chi connectivity index (χ1n) is 10.4. The predicted molar refractivity (Wildman–Crippen MR) is 109 cm³/mol. The lowest BCUT2D eigenvalue weighted by atomic mass is 10.0. The van der Waals surface area contributed by atoms with Crippen molar-refractivity contribution in [1.29, 1.82) is 0 Å². The van der Waals surface area contributed by atoms with Crippen LogP contribution in [0, 0.1) is 5.82 Å². The van der Waals surface area contributed by atoms with E-state index in [9.17, 15) is 9.18 Å². The Morgan fingerprint density at radius 2 is 1.86 bits per heavy atom. The number of carbonyl (C=O) groups is 1. The third-order valence-electron chi connectivity index (χ3n) is 5.43. The lowest BCUT2D eigenvalue weighted by Crippen LogP contribution is -2.40. The highest BCUT2D eigenvalue weighted by Crippen LogP contribution is 2.24. The van der Waals surface area contributed by atoms with E-state index < -0.39 is 0 Å². The number of aldehydes is 1. The topological polar surface area (TPSA) is 42.0 Å². The number of likely N-dealkylation sites (tertiary alicyclic amines) is 1. The molecule has 0 bridgehead atoms. The van der Waals surface area contributed by atoms with E-state index in [1.807, 2.05) is 0 Å². The zero-order valence-electron chi connectivity index (χ0n) is 17.3. The summed E-state index contributed by atoms with van der Waals surface area (Å²) in [5.74, 6) is -0.276. The number of methoxy groups -OCH3 is 1. The summed E-state index contributed by atoms with van der Waals surface area (Å²) in [7, 11) is 3.86. The van der Waals surface area contributed by atoms with E-state index in [2.05, 4.69) is 16.8 Å². The number of nitrogens with zero attached hydrogens (tertiary/aromatic N) is 2. The molecular weight excluding hydrogens is 359 g/mol. The molecule has 28 heavy (non-hydrogen) atoms. The Labute approximate surface area is 168 Å². The fraction of sp³-hybridized carbons (Fsp3) is 0.682. The third kappa shape index (κ3) is 7.95. The number of unbranched alkanes of at least 4 members (excludes halogenated alkanes) is 2. The molecular formula is C22H35FN2O3. The zero-order valence-corrected chi connectivity index (χ0v) is 17.3. The summed E-state index contributed by atoms with van der Waals surface area (Å²) >= 11 is 0. The van der Waals surface area contributed by atoms with E-state index in [1.165, 1.54) is 25.0 Å². The number of halogens is 1. The maximum Gasteiger partial charge on any atom is 0.141 e. The Morgan fingerprint density at radius 1 is 1.14 bits per heavy atom. The molecule has 6 heteroatoms. The molecule has 158 valence electrons. The fourth-order valence-electron chi connectivity index (χ4n) is 3.63. The number of hydrogen-bond acceptors (Lipinski definition) is 5. The zero-order chi connectivity index (χ0) is 20.2. The van der Waals surface area contributed by atoms with Crippen LogP contribution >= 0.6 is 0 Å². The molecule has 1 aromatic carbocycles. The summed E-state index contributed by atoms with van der Waals surface area (Å²) in [5, 5.41) is 0. The summed E-state index contributed by atoms with van der Waals surface area (Å²) in [6.45, 7) is 5.32. The molecule has 1 atom stereocenters. The Bertz CT molecular complexity index is 547. The van der Waals surface area contributed by atoms with E-state index in [0.717, 1.165) is 70.5 Å². The highest BCUT2D eigenvalue weighted by molar-refractivity contribution is 5.61. The summed E-state index contributed by atoms with van der Waals surface area (Å²) < 4.78 is 24.2. The number of likely N-dealkylation sites (N-methyl/N-ethyl adjacent to an activating group) is 1. The van der Waals surface area contributed by atoms with Crippen LogP contribution in [-0.2, 0) is 14.3 Å². The van der Waals surface area contributed by atoms with Crippen molar-refractivity contribution < 1.29 is 18.7 Å². The molecule has 0 radical (unpaired) electrons. The van der Waals surface area contributed by atoms with Crippen molar-refractivity contribution in [3.05, 3.63) is 35.6 Å². The molecule has 1 fully saturated rings. The van der Waals surface area contributed by atoms with Gasteiger partial charge in [-0.2, -0.15) is 0 Å². The minimum Gasteiger partial charge on any atom is -0.383 e. The van der Waals surface area contributed by atoms with Crippen LogP contribution in [0.2, 0.25) is 0 Å². The van der Waals surface area contributed by atoms with Crippen LogP contribution in [0.4, 0.5) is 4.39 Å². The average Bonchev–Trinajstić information content (AvgIpc) is 2.72. The summed E-state index contributed by atoms with van der Waals surface area (Å²) in [6.07, 6.45) is 6.55. The highest BCUT2D eigenvalue weighted by Gasteiger charge is 2.26. The molecule has 0 aromatic heterocycles. The molecule has 1 heterocycles. The number of hydrogen-bond donors (Lipinski definition) is 0. The first-order valence-corrected chi connectivity index (χ1v) is 10.4. The van der Waals surface area contributed by atoms with Crippen LogP contribution < -0.4 is 0 Å². The first kappa shape index (κ1) is 22.9. The second-order valence-electron chi connectivity index (χ2n) is 7.60. The van der Waals surface area contributed by atoms with Crippen molar-refractivity contribution in [1.82, 2.24) is 9.80 Å². The van der Waals surface area contributed by atoms with Gasteiger partial charge in [0.1, 0.15) is 12.1 Å². The van der Waals surface area contributed by atoms with Gasteiger partial charge in [0.25, 0.3) is 0 Å². The Kier molecular flexibility index (Phi) is 10.6. The van der Waals surface area contributed by atoms with Crippen LogP contribution in [0.1, 0.15) is 43.7 Å². The lowest BCUT2D eigenvalue weighted by Gasteiger charge is -2.35. The SMILES string of the molecule is COCCN(C)CCCCCOC1CCN(C(C=O)c2ccc(F)cc2)CC1. The van der Waals surface area contributed by atoms with E-state index in [4.69, 9.17) is 9.47 Å². The van der Waals surface area contributed by atoms with Gasteiger partial charge < -0.3 is 19.2 Å². The monoisotopic (exact) mass is 394 g/mol. The molecule has 1 saturated heterocycles. The standard InChI is InChI=1S/C22H35FN2O3/c1-24(15-17-27-2)12-4-3-5-16-28-21-10-13-25(14-11-21)22(18-26)19-6-8-20(23)9-7-19/h6-9,18,21-22H,3-5,10-17H2,1-2H3. The van der Waals surface area contributed by atoms with Gasteiger partial charge in [-0.05, 0) is 63.4 Å². The van der Waals surface area contributed by atoms with Gasteiger partial charge in [0.15, 0.2) is 0 Å². The minimum absolute atomic E-state index is 0.276. The van der Waals surface area contributed by atoms with Crippen LogP contribution in [0.15, 0.2) is 24.3 Å². The Hall–Kier alpha value is -1.34. The van der Waals surface area contributed by atoms with Gasteiger partial charge in [0, 0.05) is 33.4 Å². The van der Waals surface area contributed by atoms with Crippen LogP contribution in [0.5, 0.6) is 0 Å². The Balaban J connectivity index is 1.59. The van der Waals surface area contributed by atoms with E-state index in [-0.39, 0.29) is 18.0 Å². The van der Waals surface area contributed by atoms with Gasteiger partial charge in [0.2, 0.25) is 0 Å². The quantitative estimate of drug-likeness (QED) is 0.379. The van der Waals surface area contributed by atoms with Gasteiger partial charge in [-0.3, -0.25) is 4.90 Å². The van der Waals surface area contributed by atoms with Crippen LogP contribution in [-0.4, -0.2) is 75.7 Å². The molecule has 1 aromatic rings. The summed E-state index contributed by atoms with van der Waals surface area (Å²) in [6, 6.07) is 5.93. The van der Waals surface area contributed by atoms with Gasteiger partial charge in [-0.25, -0.2) is 4.39 Å². The normalized spacial score (nSPS) is 17.1. The van der Waals surface area contributed by atoms with Crippen LogP contribution in [0.25, 0.3) is 0 Å². The van der Waals surface area contributed by atoms with Gasteiger partial charge in [-0.1, -0.05) is 12.1 Å². The van der Waals surface area contributed by atoms with E-state index >= 15 is 0 Å². The van der Waals surface area contributed by atoms with Gasteiger partial charge in [-0.15, -0.1) is 0 Å². The number of carbonyl (C=O) groups excluding carboxylic acids is 1. The number of piperidine rings is 1. The molecule has 0 N–H and O–H groups in total. The first-order chi connectivity index (χ1) is 13.6. The summed E-state index contributed by atoms with van der Waals surface area (Å²) in [4.78, 5) is 16.0. The largest absolute Gasteiger partial charge is 0.383 e. The van der Waals surface area contributed by atoms with Crippen molar-refractivity contribution >= 4 is 6.29 Å². The van der Waals surface area contributed by atoms with Gasteiger partial charge in [0.05, 0.1) is 18.8 Å². The maximum absolute atomic E-state index is 13.1. The van der Waals surface area contributed by atoms with E-state index in [1.54, 1.807) is 19.2 Å². The van der Waals surface area contributed by atoms with Crippen molar-refractivity contribution in [3.63, 3.8) is 0 Å². The number of ether oxygens (including phenoxy) is 2. The molecule has 0 aliphatic carbocycles. The third-order valence-corrected chi connectivity index (χ3v) is 5.43. The van der Waals surface area contributed by atoms with Crippen LogP contribution in [0.3, 0.4) is 0 Å². The van der Waals surface area contributed by atoms with Crippen molar-refractivity contribution in [3.8, 4) is 0 Å². The average molecular weight is 395 g/mol. The second-order valence-corrected chi connectivity index (χ2v) is 7.60. The molecule has 0 amide bonds. The second kappa shape index (κ2) is 13.0. The fourth-order valence-corrected chi connectivity index (χ4v) is 3.63. The molecule has 0 spiro atoms. The van der Waals surface area contributed by atoms with E-state index in [0.29, 0.717) is 0 Å². The number of benzene rings is 1. The molecule has 0 saturated carbocycles. The van der Waals surface area contributed by atoms with Crippen molar-refractivity contribution in [2.24, 2.45) is 0 Å². The molecule has 1 aliphatic heterocycles. The summed E-state index contributed by atoms with van der Waals surface area (Å²) in [5.41, 5.74) is 0.853. The van der Waals surface area contributed by atoms with Crippen molar-refractivity contribution in [2.45, 2.75) is 44.2 Å². The molecule has 5 nitrogen and oxygen atoms in total. The predicted octanol–water partition coefficient (Wildman–Crippen LogP) is 3.30. The van der Waals surface area contributed by atoms with Crippen molar-refractivity contribution in [2.75, 3.05) is 53.6 Å². The highest BCUT2D eigenvalue weighted by atomic mass is 19.1. The smallest absolute Gasteiger partial charge is 0.141 e. The maximum atomic E-state index is 13.1. The minimum atomic E-state index is -0.295. The Morgan fingerprint density at radius 3 is 2.50 bits per heavy atom. The number of rotatable bonds is 13. The van der Waals surface area contributed by atoms with Gasteiger partial charge >= 0.3 is 0 Å².